The standard InChI is InChI=1S/C40H69N5O6/c1-8-10-11-12-13-14-15-16-17-18-19-20-21-22-37(49)43-31(7)35(47)23-29(5)39(50)45-38(28(3)4)36(48)25-32(24-33-26-41-27-42-33)40(51)44-30(6)34(46)9-2/h26-32,38H,8-25H2,1-7H3,(H,41,42)(H,43,49)(H,44,51)(H,45,50)/t29-,30+,31+,32-,38+/m1/s1. The van der Waals surface area contributed by atoms with Crippen molar-refractivity contribution >= 4 is 35.1 Å². The van der Waals surface area contributed by atoms with Crippen molar-refractivity contribution in [2.24, 2.45) is 17.8 Å². The van der Waals surface area contributed by atoms with Crippen molar-refractivity contribution in [1.82, 2.24) is 25.9 Å². The molecule has 1 rings (SSSR count). The number of rotatable bonds is 30. The first-order valence-corrected chi connectivity index (χ1v) is 19.8. The van der Waals surface area contributed by atoms with Gasteiger partial charge in [0.2, 0.25) is 17.7 Å². The second kappa shape index (κ2) is 26.4. The Bertz CT molecular complexity index is 1180. The number of carbonyl (C=O) groups is 6. The van der Waals surface area contributed by atoms with E-state index in [0.717, 1.165) is 19.3 Å². The molecule has 290 valence electrons. The van der Waals surface area contributed by atoms with Crippen LogP contribution in [-0.4, -0.2) is 63.2 Å². The van der Waals surface area contributed by atoms with E-state index in [2.05, 4.69) is 32.8 Å². The second-order valence-corrected chi connectivity index (χ2v) is 14.8. The summed E-state index contributed by atoms with van der Waals surface area (Å²) in [5.41, 5.74) is 0.667. The van der Waals surface area contributed by atoms with E-state index in [1.807, 2.05) is 0 Å². The van der Waals surface area contributed by atoms with Crippen LogP contribution in [0.3, 0.4) is 0 Å². The predicted octanol–water partition coefficient (Wildman–Crippen LogP) is 6.73. The molecular formula is C40H69N5O6. The van der Waals surface area contributed by atoms with Crippen molar-refractivity contribution < 1.29 is 28.8 Å². The molecule has 0 aliphatic heterocycles. The summed E-state index contributed by atoms with van der Waals surface area (Å²) in [4.78, 5) is 84.4. The van der Waals surface area contributed by atoms with Gasteiger partial charge in [0.1, 0.15) is 0 Å². The molecule has 3 amide bonds. The maximum Gasteiger partial charge on any atom is 0.224 e. The first kappa shape index (κ1) is 45.7. The first-order valence-electron chi connectivity index (χ1n) is 19.8. The van der Waals surface area contributed by atoms with E-state index in [4.69, 9.17) is 0 Å². The van der Waals surface area contributed by atoms with Crippen molar-refractivity contribution in [3.05, 3.63) is 18.2 Å². The molecule has 0 aromatic carbocycles. The van der Waals surface area contributed by atoms with Gasteiger partial charge in [-0.15, -0.1) is 0 Å². The lowest BCUT2D eigenvalue weighted by Gasteiger charge is -2.26. The van der Waals surface area contributed by atoms with Crippen molar-refractivity contribution in [3.8, 4) is 0 Å². The van der Waals surface area contributed by atoms with E-state index < -0.39 is 41.8 Å². The van der Waals surface area contributed by atoms with Crippen LogP contribution >= 0.6 is 0 Å². The normalized spacial score (nSPS) is 14.3. The predicted molar refractivity (Wildman–Crippen MR) is 202 cm³/mol. The zero-order chi connectivity index (χ0) is 38.2. The maximum absolute atomic E-state index is 13.5. The lowest BCUT2D eigenvalue weighted by atomic mass is 9.89. The number of aromatic nitrogens is 2. The van der Waals surface area contributed by atoms with Gasteiger partial charge in [0.25, 0.3) is 0 Å². The number of carbonyl (C=O) groups excluding carboxylic acids is 6. The molecule has 0 bridgehead atoms. The smallest absolute Gasteiger partial charge is 0.224 e. The number of aromatic amines is 1. The molecule has 5 atom stereocenters. The van der Waals surface area contributed by atoms with Crippen LogP contribution in [0.2, 0.25) is 0 Å². The van der Waals surface area contributed by atoms with Crippen molar-refractivity contribution in [1.29, 1.82) is 0 Å². The van der Waals surface area contributed by atoms with E-state index in [9.17, 15) is 28.8 Å². The molecule has 11 nitrogen and oxygen atoms in total. The van der Waals surface area contributed by atoms with E-state index in [1.54, 1.807) is 47.7 Å². The fraction of sp³-hybridized carbons (Fsp3) is 0.775. The van der Waals surface area contributed by atoms with Gasteiger partial charge in [-0.25, -0.2) is 4.98 Å². The summed E-state index contributed by atoms with van der Waals surface area (Å²) >= 11 is 0. The van der Waals surface area contributed by atoms with Crippen LogP contribution in [0.15, 0.2) is 12.5 Å². The van der Waals surface area contributed by atoms with E-state index in [1.165, 1.54) is 70.5 Å². The monoisotopic (exact) mass is 716 g/mol. The van der Waals surface area contributed by atoms with Crippen LogP contribution in [0.25, 0.3) is 0 Å². The zero-order valence-electron chi connectivity index (χ0n) is 32.7. The van der Waals surface area contributed by atoms with Crippen LogP contribution in [-0.2, 0) is 35.2 Å². The summed E-state index contributed by atoms with van der Waals surface area (Å²) in [7, 11) is 0. The molecule has 0 fully saturated rings. The number of amides is 3. The summed E-state index contributed by atoms with van der Waals surface area (Å²) in [6, 6.07) is -2.28. The third-order valence-corrected chi connectivity index (χ3v) is 9.66. The van der Waals surface area contributed by atoms with E-state index in [-0.39, 0.29) is 54.9 Å². The second-order valence-electron chi connectivity index (χ2n) is 14.8. The minimum Gasteiger partial charge on any atom is -0.348 e. The van der Waals surface area contributed by atoms with Crippen LogP contribution in [0.5, 0.6) is 0 Å². The number of nitrogens with zero attached hydrogens (tertiary/aromatic N) is 1. The van der Waals surface area contributed by atoms with Crippen LogP contribution < -0.4 is 16.0 Å². The Morgan fingerprint density at radius 1 is 0.647 bits per heavy atom. The number of ketones is 3. The largest absolute Gasteiger partial charge is 0.348 e. The molecule has 1 heterocycles. The van der Waals surface area contributed by atoms with Crippen LogP contribution in [0.4, 0.5) is 0 Å². The summed E-state index contributed by atoms with van der Waals surface area (Å²) in [5.74, 6) is -3.51. The Balaban J connectivity index is 2.52. The lowest BCUT2D eigenvalue weighted by Crippen LogP contribution is -2.49. The Hall–Kier alpha value is -3.37. The molecule has 0 unspecified atom stereocenters. The number of nitrogens with one attached hydrogen (secondary N) is 4. The Labute approximate surface area is 307 Å². The summed E-state index contributed by atoms with van der Waals surface area (Å²) in [6.45, 7) is 12.4. The lowest BCUT2D eigenvalue weighted by molar-refractivity contribution is -0.135. The average Bonchev–Trinajstić information content (AvgIpc) is 3.61. The molecule has 0 saturated heterocycles. The number of hydrogen-bond donors (Lipinski definition) is 4. The highest BCUT2D eigenvalue weighted by molar-refractivity contribution is 5.96. The third-order valence-electron chi connectivity index (χ3n) is 9.66. The van der Waals surface area contributed by atoms with Gasteiger partial charge in [-0.3, -0.25) is 28.8 Å². The molecule has 1 aromatic rings. The number of unbranched alkanes of at least 4 members (excludes halogenated alkanes) is 12. The number of H-pyrrole nitrogens is 1. The average molecular weight is 716 g/mol. The molecule has 0 radical (unpaired) electrons. The van der Waals surface area contributed by atoms with Crippen LogP contribution in [0, 0.1) is 17.8 Å². The van der Waals surface area contributed by atoms with Gasteiger partial charge in [-0.1, -0.05) is 112 Å². The van der Waals surface area contributed by atoms with Crippen molar-refractivity contribution in [2.75, 3.05) is 0 Å². The molecule has 51 heavy (non-hydrogen) atoms. The van der Waals surface area contributed by atoms with Gasteiger partial charge in [0.15, 0.2) is 17.3 Å². The van der Waals surface area contributed by atoms with Gasteiger partial charge in [-0.2, -0.15) is 0 Å². The van der Waals surface area contributed by atoms with E-state index in [0.29, 0.717) is 12.1 Å². The van der Waals surface area contributed by atoms with Gasteiger partial charge in [-0.05, 0) is 26.2 Å². The van der Waals surface area contributed by atoms with Gasteiger partial charge in [0.05, 0.1) is 30.4 Å². The highest BCUT2D eigenvalue weighted by Gasteiger charge is 2.32. The molecule has 0 aliphatic rings. The third kappa shape index (κ3) is 19.7. The molecule has 4 N–H and O–H groups in total. The zero-order valence-corrected chi connectivity index (χ0v) is 32.7. The molecule has 0 spiro atoms. The number of imidazole rings is 1. The fourth-order valence-corrected chi connectivity index (χ4v) is 6.19. The summed E-state index contributed by atoms with van der Waals surface area (Å²) in [5, 5.41) is 8.31. The Morgan fingerprint density at radius 3 is 1.71 bits per heavy atom. The number of hydrogen-bond acceptors (Lipinski definition) is 7. The highest BCUT2D eigenvalue weighted by Crippen LogP contribution is 2.18. The minimum absolute atomic E-state index is 0.0841. The SMILES string of the molecule is CCCCCCCCCCCCCCCC(=O)N[C@@H](C)C(=O)C[C@@H](C)C(=O)N[C@H](C(=O)C[C@@H](Cc1cnc[nH]1)C(=O)N[C@@H](C)C(=O)CC)C(C)C. The highest BCUT2D eigenvalue weighted by atomic mass is 16.2. The molecule has 0 saturated carbocycles. The minimum atomic E-state index is -0.876. The van der Waals surface area contributed by atoms with Crippen LogP contribution in [0.1, 0.15) is 163 Å². The Morgan fingerprint density at radius 2 is 1.20 bits per heavy atom. The van der Waals surface area contributed by atoms with E-state index >= 15 is 0 Å². The molecule has 11 heteroatoms. The van der Waals surface area contributed by atoms with Crippen molar-refractivity contribution in [2.45, 2.75) is 182 Å². The maximum atomic E-state index is 13.5. The van der Waals surface area contributed by atoms with Crippen molar-refractivity contribution in [3.63, 3.8) is 0 Å². The first-order chi connectivity index (χ1) is 24.3. The summed E-state index contributed by atoms with van der Waals surface area (Å²) < 4.78 is 0. The fourth-order valence-electron chi connectivity index (χ4n) is 6.19. The quantitative estimate of drug-likeness (QED) is 0.0641. The van der Waals surface area contributed by atoms with Gasteiger partial charge >= 0.3 is 0 Å². The summed E-state index contributed by atoms with van der Waals surface area (Å²) in [6.07, 6.45) is 19.7. The molecular weight excluding hydrogens is 646 g/mol. The number of Topliss-reactive ketones (excluding diaryl/α,β-unsaturated/α-hetero) is 3. The molecule has 0 aliphatic carbocycles. The van der Waals surface area contributed by atoms with Gasteiger partial charge < -0.3 is 20.9 Å². The Kier molecular flexibility index (Phi) is 23.6. The topological polar surface area (TPSA) is 167 Å². The molecule has 1 aromatic heterocycles. The van der Waals surface area contributed by atoms with Gasteiger partial charge in [0, 0.05) is 49.9 Å².